The van der Waals surface area contributed by atoms with Gasteiger partial charge >= 0.3 is 0 Å². The minimum Gasteiger partial charge on any atom is -0.442 e. The molecule has 0 amide bonds. The quantitative estimate of drug-likeness (QED) is 0.272. The van der Waals surface area contributed by atoms with Gasteiger partial charge in [-0.3, -0.25) is 5.41 Å². The summed E-state index contributed by atoms with van der Waals surface area (Å²) in [5.74, 6) is -0.0967. The van der Waals surface area contributed by atoms with Crippen LogP contribution in [0.4, 0.5) is 15.8 Å². The Morgan fingerprint density at radius 2 is 2.21 bits per heavy atom. The van der Waals surface area contributed by atoms with Gasteiger partial charge in [0.25, 0.3) is 0 Å². The molecule has 0 aliphatic heterocycles. The predicted molar refractivity (Wildman–Crippen MR) is 119 cm³/mol. The molecule has 4 rings (SSSR count). The van der Waals surface area contributed by atoms with Crippen LogP contribution in [-0.2, 0) is 6.42 Å². The molecule has 1 aromatic heterocycles. The van der Waals surface area contributed by atoms with Crippen LogP contribution in [0.15, 0.2) is 47.3 Å². The summed E-state index contributed by atoms with van der Waals surface area (Å²) in [5, 5.41) is 20.6. The number of aromatic nitrogens is 1. The number of oxazole rings is 1. The molecule has 28 heavy (non-hydrogen) atoms. The van der Waals surface area contributed by atoms with Crippen molar-refractivity contribution in [3.05, 3.63) is 76.8 Å². The van der Waals surface area contributed by atoms with Crippen LogP contribution in [0.25, 0.3) is 0 Å². The molecule has 4 N–H and O–H groups in total. The second kappa shape index (κ2) is 7.98. The second-order valence-corrected chi connectivity index (χ2v) is 6.38. The Morgan fingerprint density at radius 3 is 2.93 bits per heavy atom. The zero-order valence-corrected chi connectivity index (χ0v) is 17.0. The minimum absolute atomic E-state index is 0. The van der Waals surface area contributed by atoms with Crippen molar-refractivity contribution >= 4 is 41.1 Å². The third-order valence-corrected chi connectivity index (χ3v) is 4.80. The van der Waals surface area contributed by atoms with Gasteiger partial charge in [-0.05, 0) is 48.2 Å². The Labute approximate surface area is 181 Å². The van der Waals surface area contributed by atoms with Crippen LogP contribution < -0.4 is 11.1 Å². The molecule has 146 valence electrons. The monoisotopic (exact) mass is 493 g/mol. The van der Waals surface area contributed by atoms with Crippen molar-refractivity contribution in [3.63, 3.8) is 0 Å². The molecule has 0 fully saturated rings. The van der Waals surface area contributed by atoms with Crippen molar-refractivity contribution in [2.24, 2.45) is 0 Å². The summed E-state index contributed by atoms with van der Waals surface area (Å²) in [7, 11) is 0. The predicted octanol–water partition coefficient (Wildman–Crippen LogP) is 4.89. The first-order chi connectivity index (χ1) is 13.1. The molecule has 1 heterocycles. The lowest BCUT2D eigenvalue weighted by Gasteiger charge is -2.17. The first-order valence-electron chi connectivity index (χ1n) is 8.43. The van der Waals surface area contributed by atoms with Gasteiger partial charge in [0.2, 0.25) is 0 Å². The van der Waals surface area contributed by atoms with Crippen LogP contribution in [0.3, 0.4) is 0 Å². The number of hydrogen-bond acceptors (Lipinski definition) is 6. The zero-order chi connectivity index (χ0) is 19.0. The van der Waals surface area contributed by atoms with Crippen LogP contribution in [-0.4, -0.2) is 10.7 Å². The summed E-state index contributed by atoms with van der Waals surface area (Å²) in [6.45, 7) is 0. The summed E-state index contributed by atoms with van der Waals surface area (Å²) >= 11 is 0. The van der Waals surface area contributed by atoms with Crippen molar-refractivity contribution in [1.29, 1.82) is 10.7 Å². The lowest BCUT2D eigenvalue weighted by molar-refractivity contribution is 0.548. The number of halogens is 2. The normalized spacial score (nSPS) is 14.6. The number of anilines is 2. The van der Waals surface area contributed by atoms with E-state index >= 15 is 0 Å². The SMILES string of the molecule is I.N#Cc1ccc2c(c1F)CC[C@H]2Nc1ccc(N)c(C(=N)c2cnco2)c1.[HH].[HH]. The lowest BCUT2D eigenvalue weighted by Crippen LogP contribution is -2.10. The maximum Gasteiger partial charge on any atom is 0.181 e. The topological polar surface area (TPSA) is 112 Å². The molecule has 6 nitrogen and oxygen atoms in total. The zero-order valence-electron chi connectivity index (χ0n) is 14.7. The van der Waals surface area contributed by atoms with Crippen molar-refractivity contribution < 1.29 is 11.7 Å². The fourth-order valence-electron chi connectivity index (χ4n) is 3.43. The van der Waals surface area contributed by atoms with E-state index in [0.29, 0.717) is 29.0 Å². The van der Waals surface area contributed by atoms with Crippen molar-refractivity contribution in [2.75, 3.05) is 11.1 Å². The Kier molecular flexibility index (Phi) is 5.65. The van der Waals surface area contributed by atoms with E-state index in [1.54, 1.807) is 18.2 Å². The van der Waals surface area contributed by atoms with Gasteiger partial charge in [-0.25, -0.2) is 9.37 Å². The number of benzene rings is 2. The molecule has 0 saturated carbocycles. The Morgan fingerprint density at radius 1 is 1.39 bits per heavy atom. The van der Waals surface area contributed by atoms with Gasteiger partial charge in [-0.15, -0.1) is 24.0 Å². The van der Waals surface area contributed by atoms with Gasteiger partial charge in [0, 0.05) is 19.8 Å². The van der Waals surface area contributed by atoms with Gasteiger partial charge < -0.3 is 15.5 Å². The number of fused-ring (bicyclic) bond motifs is 1. The van der Waals surface area contributed by atoms with E-state index in [9.17, 15) is 4.39 Å². The van der Waals surface area contributed by atoms with E-state index in [1.165, 1.54) is 18.7 Å². The molecule has 0 radical (unpaired) electrons. The first kappa shape index (κ1) is 19.8. The van der Waals surface area contributed by atoms with Crippen molar-refractivity contribution in [2.45, 2.75) is 18.9 Å². The van der Waals surface area contributed by atoms with E-state index in [0.717, 1.165) is 17.7 Å². The molecule has 0 unspecified atom stereocenters. The molecule has 1 aliphatic carbocycles. The maximum absolute atomic E-state index is 14.4. The first-order valence-corrected chi connectivity index (χ1v) is 8.43. The van der Waals surface area contributed by atoms with E-state index in [2.05, 4.69) is 10.3 Å². The van der Waals surface area contributed by atoms with Crippen LogP contribution in [0.1, 0.15) is 43.3 Å². The van der Waals surface area contributed by atoms with Crippen LogP contribution >= 0.6 is 24.0 Å². The van der Waals surface area contributed by atoms with Gasteiger partial charge in [-0.2, -0.15) is 5.26 Å². The fraction of sp³-hybridized carbons (Fsp3) is 0.150. The van der Waals surface area contributed by atoms with Crippen LogP contribution in [0.2, 0.25) is 0 Å². The van der Waals surface area contributed by atoms with Gasteiger partial charge in [-0.1, -0.05) is 6.07 Å². The molecule has 0 bridgehead atoms. The molecule has 3 aromatic rings. The highest BCUT2D eigenvalue weighted by Gasteiger charge is 2.26. The highest BCUT2D eigenvalue weighted by Crippen LogP contribution is 2.36. The van der Waals surface area contributed by atoms with E-state index in [1.807, 2.05) is 12.1 Å². The average Bonchev–Trinajstić information content (AvgIpc) is 3.34. The number of nitrogens with two attached hydrogens (primary N) is 1. The van der Waals surface area contributed by atoms with Gasteiger partial charge in [0.05, 0.1) is 17.8 Å². The fourth-order valence-corrected chi connectivity index (χ4v) is 3.43. The molecular formula is C20H21FIN5O. The Hall–Kier alpha value is -2.93. The number of nitriles is 1. The molecule has 2 aromatic carbocycles. The average molecular weight is 493 g/mol. The van der Waals surface area contributed by atoms with Gasteiger partial charge in [0.15, 0.2) is 12.2 Å². The minimum atomic E-state index is -0.426. The summed E-state index contributed by atoms with van der Waals surface area (Å²) < 4.78 is 19.5. The summed E-state index contributed by atoms with van der Waals surface area (Å²) in [6.07, 6.45) is 4.02. The summed E-state index contributed by atoms with van der Waals surface area (Å²) in [5.41, 5.74) is 9.45. The molecular weight excluding hydrogens is 472 g/mol. The van der Waals surface area contributed by atoms with E-state index < -0.39 is 5.82 Å². The standard InChI is InChI=1S/C20H16FN5O.HI.2H2/c21-19-11(8-22)1-3-13-14(19)4-6-17(13)26-12-2-5-16(23)15(7-12)20(24)18-9-25-10-27-18;;;/h1-3,5,7,9-10,17,24,26H,4,6,23H2;3*1H/t17-;;;/m1.../s1. The van der Waals surface area contributed by atoms with E-state index in [-0.39, 0.29) is 44.1 Å². The third-order valence-electron chi connectivity index (χ3n) is 4.80. The Bertz CT molecular complexity index is 1090. The number of hydrogen-bond donors (Lipinski definition) is 3. The number of nitrogens with one attached hydrogen (secondary N) is 2. The molecule has 1 atom stereocenters. The van der Waals surface area contributed by atoms with Crippen LogP contribution in [0.5, 0.6) is 0 Å². The summed E-state index contributed by atoms with van der Waals surface area (Å²) in [6, 6.07) is 10.4. The van der Waals surface area contributed by atoms with Gasteiger partial charge in [0.1, 0.15) is 17.6 Å². The van der Waals surface area contributed by atoms with Crippen molar-refractivity contribution in [3.8, 4) is 6.07 Å². The molecule has 1 aliphatic rings. The number of nitrogens with zero attached hydrogens (tertiary/aromatic N) is 2. The third kappa shape index (κ3) is 3.45. The summed E-state index contributed by atoms with van der Waals surface area (Å²) in [4.78, 5) is 3.83. The highest BCUT2D eigenvalue weighted by molar-refractivity contribution is 14.0. The molecule has 8 heteroatoms. The second-order valence-electron chi connectivity index (χ2n) is 6.38. The molecule has 0 saturated heterocycles. The highest BCUT2D eigenvalue weighted by atomic mass is 127. The maximum atomic E-state index is 14.4. The Balaban J connectivity index is 0.00000150. The van der Waals surface area contributed by atoms with E-state index in [4.69, 9.17) is 20.8 Å². The van der Waals surface area contributed by atoms with Crippen molar-refractivity contribution in [1.82, 2.24) is 4.98 Å². The number of nitrogen functional groups attached to an aromatic ring is 1. The largest absolute Gasteiger partial charge is 0.442 e. The smallest absolute Gasteiger partial charge is 0.181 e. The van der Waals surface area contributed by atoms with Crippen LogP contribution in [0, 0.1) is 22.6 Å². The molecule has 0 spiro atoms. The number of rotatable bonds is 4. The lowest BCUT2D eigenvalue weighted by atomic mass is 10.0.